The number of rotatable bonds is 5. The average molecular weight is 369 g/mol. The molecular formula is C22H19N5O. The van der Waals surface area contributed by atoms with Crippen molar-refractivity contribution < 1.29 is 4.74 Å². The Labute approximate surface area is 163 Å². The predicted molar refractivity (Wildman–Crippen MR) is 110 cm³/mol. The number of benzene rings is 2. The molecule has 2 aromatic heterocycles. The molecule has 0 aliphatic heterocycles. The number of para-hydroxylation sites is 1. The van der Waals surface area contributed by atoms with Crippen LogP contribution in [0.5, 0.6) is 11.5 Å². The summed E-state index contributed by atoms with van der Waals surface area (Å²) in [6, 6.07) is 19.5. The van der Waals surface area contributed by atoms with Crippen molar-refractivity contribution in [3.8, 4) is 17.6 Å². The average Bonchev–Trinajstić information content (AvgIpc) is 3.06. The SMILES string of the molecule is CNc1cn2ncc(C#N)c(Nc3ccc(Oc4ccccc4)cc3)c2c1C. The van der Waals surface area contributed by atoms with Gasteiger partial charge in [0, 0.05) is 18.3 Å². The lowest BCUT2D eigenvalue weighted by Crippen LogP contribution is -2.00. The molecule has 6 heteroatoms. The second kappa shape index (κ2) is 7.33. The molecule has 0 bridgehead atoms. The van der Waals surface area contributed by atoms with Crippen molar-refractivity contribution in [1.82, 2.24) is 9.61 Å². The van der Waals surface area contributed by atoms with E-state index in [4.69, 9.17) is 4.74 Å². The molecule has 28 heavy (non-hydrogen) atoms. The van der Waals surface area contributed by atoms with Gasteiger partial charge in [0.25, 0.3) is 0 Å². The zero-order valence-electron chi connectivity index (χ0n) is 15.6. The Morgan fingerprint density at radius 1 is 1.04 bits per heavy atom. The molecule has 0 amide bonds. The van der Waals surface area contributed by atoms with Crippen molar-refractivity contribution in [2.45, 2.75) is 6.92 Å². The van der Waals surface area contributed by atoms with Gasteiger partial charge < -0.3 is 15.4 Å². The molecular weight excluding hydrogens is 350 g/mol. The first-order valence-electron chi connectivity index (χ1n) is 8.88. The minimum Gasteiger partial charge on any atom is -0.457 e. The van der Waals surface area contributed by atoms with Gasteiger partial charge in [0.05, 0.1) is 34.8 Å². The zero-order chi connectivity index (χ0) is 19.5. The van der Waals surface area contributed by atoms with Crippen LogP contribution in [0.15, 0.2) is 67.0 Å². The number of nitrogens with one attached hydrogen (secondary N) is 2. The summed E-state index contributed by atoms with van der Waals surface area (Å²) < 4.78 is 7.61. The number of aromatic nitrogens is 2. The van der Waals surface area contributed by atoms with Gasteiger partial charge in [0.2, 0.25) is 0 Å². The van der Waals surface area contributed by atoms with Crippen molar-refractivity contribution >= 4 is 22.6 Å². The monoisotopic (exact) mass is 369 g/mol. The van der Waals surface area contributed by atoms with Crippen LogP contribution in [0.25, 0.3) is 5.52 Å². The van der Waals surface area contributed by atoms with Crippen LogP contribution in [0.3, 0.4) is 0 Å². The molecule has 4 aromatic rings. The lowest BCUT2D eigenvalue weighted by molar-refractivity contribution is 0.483. The van der Waals surface area contributed by atoms with Gasteiger partial charge in [-0.2, -0.15) is 10.4 Å². The van der Waals surface area contributed by atoms with Crippen LogP contribution in [0, 0.1) is 18.3 Å². The van der Waals surface area contributed by atoms with Crippen LogP contribution in [0.4, 0.5) is 17.1 Å². The van der Waals surface area contributed by atoms with Crippen molar-refractivity contribution in [3.63, 3.8) is 0 Å². The highest BCUT2D eigenvalue weighted by atomic mass is 16.5. The van der Waals surface area contributed by atoms with E-state index in [1.165, 1.54) is 0 Å². The number of anilines is 3. The quantitative estimate of drug-likeness (QED) is 0.512. The van der Waals surface area contributed by atoms with Gasteiger partial charge in [-0.25, -0.2) is 4.52 Å². The topological polar surface area (TPSA) is 74.4 Å². The lowest BCUT2D eigenvalue weighted by atomic mass is 10.1. The second-order valence-electron chi connectivity index (χ2n) is 6.32. The zero-order valence-corrected chi connectivity index (χ0v) is 15.6. The molecule has 0 aliphatic rings. The fourth-order valence-electron chi connectivity index (χ4n) is 3.13. The van der Waals surface area contributed by atoms with E-state index in [0.29, 0.717) is 5.56 Å². The molecule has 2 aromatic carbocycles. The third-order valence-electron chi connectivity index (χ3n) is 4.55. The molecule has 0 unspecified atom stereocenters. The third kappa shape index (κ3) is 3.21. The molecule has 0 radical (unpaired) electrons. The first-order chi connectivity index (χ1) is 13.7. The standard InChI is InChI=1S/C22H19N5O/c1-15-20(24-2)14-27-22(15)21(16(12-23)13-25-27)26-17-8-10-19(11-9-17)28-18-6-4-3-5-7-18/h3-11,13-14,24,26H,1-2H3. The molecule has 0 spiro atoms. The lowest BCUT2D eigenvalue weighted by Gasteiger charge is -2.12. The van der Waals surface area contributed by atoms with Gasteiger partial charge in [-0.15, -0.1) is 0 Å². The van der Waals surface area contributed by atoms with Gasteiger partial charge in [-0.05, 0) is 43.3 Å². The van der Waals surface area contributed by atoms with Crippen molar-refractivity contribution in [1.29, 1.82) is 5.26 Å². The van der Waals surface area contributed by atoms with E-state index >= 15 is 0 Å². The molecule has 138 valence electrons. The van der Waals surface area contributed by atoms with Crippen LogP contribution in [-0.4, -0.2) is 16.7 Å². The first kappa shape index (κ1) is 17.4. The van der Waals surface area contributed by atoms with Crippen LogP contribution in [0.1, 0.15) is 11.1 Å². The number of fused-ring (bicyclic) bond motifs is 1. The van der Waals surface area contributed by atoms with Crippen LogP contribution in [0.2, 0.25) is 0 Å². The highest BCUT2D eigenvalue weighted by Gasteiger charge is 2.15. The van der Waals surface area contributed by atoms with Crippen molar-refractivity contribution in [2.75, 3.05) is 17.7 Å². The maximum absolute atomic E-state index is 9.54. The maximum Gasteiger partial charge on any atom is 0.127 e. The molecule has 0 atom stereocenters. The Morgan fingerprint density at radius 2 is 1.75 bits per heavy atom. The number of ether oxygens (including phenoxy) is 1. The second-order valence-corrected chi connectivity index (χ2v) is 6.32. The molecule has 0 fully saturated rings. The van der Waals surface area contributed by atoms with Crippen molar-refractivity contribution in [3.05, 3.63) is 78.1 Å². The van der Waals surface area contributed by atoms with E-state index in [2.05, 4.69) is 21.8 Å². The summed E-state index contributed by atoms with van der Waals surface area (Å²) in [5.41, 5.74) is 4.94. The Balaban J connectivity index is 1.66. The smallest absolute Gasteiger partial charge is 0.127 e. The summed E-state index contributed by atoms with van der Waals surface area (Å²) >= 11 is 0. The van der Waals surface area contributed by atoms with Crippen LogP contribution < -0.4 is 15.4 Å². The maximum atomic E-state index is 9.54. The molecule has 2 heterocycles. The fraction of sp³-hybridized carbons (Fsp3) is 0.0909. The van der Waals surface area contributed by atoms with Gasteiger partial charge in [-0.3, -0.25) is 0 Å². The largest absolute Gasteiger partial charge is 0.457 e. The summed E-state index contributed by atoms with van der Waals surface area (Å²) in [4.78, 5) is 0. The summed E-state index contributed by atoms with van der Waals surface area (Å²) in [6.07, 6.45) is 3.48. The summed E-state index contributed by atoms with van der Waals surface area (Å²) in [7, 11) is 1.87. The van der Waals surface area contributed by atoms with Crippen molar-refractivity contribution in [2.24, 2.45) is 0 Å². The number of nitrogens with zero attached hydrogens (tertiary/aromatic N) is 3. The number of nitriles is 1. The summed E-state index contributed by atoms with van der Waals surface area (Å²) in [6.45, 7) is 2.01. The van der Waals surface area contributed by atoms with Crippen LogP contribution >= 0.6 is 0 Å². The van der Waals surface area contributed by atoms with E-state index in [1.807, 2.05) is 74.8 Å². The van der Waals surface area contributed by atoms with E-state index in [9.17, 15) is 5.26 Å². The molecule has 6 nitrogen and oxygen atoms in total. The first-order valence-corrected chi connectivity index (χ1v) is 8.88. The van der Waals surface area contributed by atoms with Gasteiger partial charge >= 0.3 is 0 Å². The van der Waals surface area contributed by atoms with E-state index in [1.54, 1.807) is 10.7 Å². The number of hydrogen-bond acceptors (Lipinski definition) is 5. The van der Waals surface area contributed by atoms with Crippen LogP contribution in [-0.2, 0) is 0 Å². The Morgan fingerprint density at radius 3 is 2.43 bits per heavy atom. The highest BCUT2D eigenvalue weighted by Crippen LogP contribution is 2.32. The number of aryl methyl sites for hydroxylation is 1. The molecule has 0 saturated heterocycles. The highest BCUT2D eigenvalue weighted by molar-refractivity contribution is 5.87. The minimum atomic E-state index is 0.487. The van der Waals surface area contributed by atoms with Gasteiger partial charge in [0.1, 0.15) is 17.6 Å². The Bertz CT molecular complexity index is 1160. The van der Waals surface area contributed by atoms with Gasteiger partial charge in [0.15, 0.2) is 0 Å². The molecule has 0 saturated carbocycles. The Hall–Kier alpha value is -3.98. The van der Waals surface area contributed by atoms with E-state index in [-0.39, 0.29) is 0 Å². The predicted octanol–water partition coefficient (Wildman–Crippen LogP) is 5.09. The number of hydrogen-bond donors (Lipinski definition) is 2. The molecule has 2 N–H and O–H groups in total. The molecule has 0 aliphatic carbocycles. The Kier molecular flexibility index (Phi) is 4.56. The fourth-order valence-corrected chi connectivity index (χ4v) is 3.13. The minimum absolute atomic E-state index is 0.487. The molecule has 4 rings (SSSR count). The third-order valence-corrected chi connectivity index (χ3v) is 4.55. The summed E-state index contributed by atoms with van der Waals surface area (Å²) in [5, 5.41) is 20.4. The summed E-state index contributed by atoms with van der Waals surface area (Å²) in [5.74, 6) is 1.53. The van der Waals surface area contributed by atoms with E-state index in [0.717, 1.165) is 39.6 Å². The van der Waals surface area contributed by atoms with E-state index < -0.39 is 0 Å². The normalized spacial score (nSPS) is 10.5. The van der Waals surface area contributed by atoms with Gasteiger partial charge in [-0.1, -0.05) is 18.2 Å².